The minimum Gasteiger partial charge on any atom is -0.508 e. The lowest BCUT2D eigenvalue weighted by atomic mass is 9.67. The van der Waals surface area contributed by atoms with Gasteiger partial charge in [-0.3, -0.25) is 24.7 Å². The number of hydrogen-bond acceptors (Lipinski definition) is 7. The first-order valence-corrected chi connectivity index (χ1v) is 8.55. The van der Waals surface area contributed by atoms with Crippen molar-refractivity contribution in [3.05, 3.63) is 53.8 Å². The average Bonchev–Trinajstić information content (AvgIpc) is 2.67. The lowest BCUT2D eigenvalue weighted by molar-refractivity contribution is -0.162. The van der Waals surface area contributed by atoms with Crippen LogP contribution in [-0.4, -0.2) is 45.7 Å². The monoisotopic (exact) mass is 390 g/mol. The zero-order chi connectivity index (χ0) is 20.9. The maximum Gasteiger partial charge on any atom is 0.322 e. The molecular formula is C19H22N2O7. The normalized spacial score (nSPS) is 22.2. The maximum absolute atomic E-state index is 13.0. The molecule has 6 N–H and O–H groups in total. The number of hydrogen-bond donors (Lipinski definition) is 5. The van der Waals surface area contributed by atoms with E-state index >= 15 is 0 Å². The van der Waals surface area contributed by atoms with Crippen molar-refractivity contribution in [1.29, 1.82) is 0 Å². The van der Waals surface area contributed by atoms with E-state index in [4.69, 9.17) is 10.6 Å². The highest BCUT2D eigenvalue weighted by atomic mass is 16.6. The molecule has 0 heterocycles. The molecule has 150 valence electrons. The van der Waals surface area contributed by atoms with Crippen LogP contribution in [0.2, 0.25) is 0 Å². The molecule has 2 rings (SSSR count). The fourth-order valence-electron chi connectivity index (χ4n) is 3.01. The predicted molar refractivity (Wildman–Crippen MR) is 98.0 cm³/mol. The molecule has 0 saturated heterocycles. The summed E-state index contributed by atoms with van der Waals surface area (Å²) in [7, 11) is 0. The van der Waals surface area contributed by atoms with Gasteiger partial charge in [0, 0.05) is 0 Å². The Morgan fingerprint density at radius 1 is 1.25 bits per heavy atom. The van der Waals surface area contributed by atoms with Gasteiger partial charge in [0.1, 0.15) is 11.7 Å². The molecule has 0 spiro atoms. The summed E-state index contributed by atoms with van der Waals surface area (Å²) in [5, 5.41) is 28.7. The third-order valence-corrected chi connectivity index (χ3v) is 4.45. The first kappa shape index (κ1) is 21.1. The molecule has 9 nitrogen and oxygen atoms in total. The van der Waals surface area contributed by atoms with Gasteiger partial charge in [0.2, 0.25) is 0 Å². The van der Waals surface area contributed by atoms with E-state index < -0.39 is 35.1 Å². The summed E-state index contributed by atoms with van der Waals surface area (Å²) in [6.07, 6.45) is 3.43. The van der Waals surface area contributed by atoms with Crippen LogP contribution in [0.3, 0.4) is 0 Å². The van der Waals surface area contributed by atoms with Crippen LogP contribution in [-0.2, 0) is 25.6 Å². The third-order valence-electron chi connectivity index (χ3n) is 4.45. The third kappa shape index (κ3) is 4.21. The number of carboxylic acid groups (broad SMARTS) is 2. The molecule has 1 aliphatic rings. The van der Waals surface area contributed by atoms with Crippen molar-refractivity contribution in [2.24, 2.45) is 17.1 Å². The molecule has 3 atom stereocenters. The number of carbonyl (C=O) groups is 3. The summed E-state index contributed by atoms with van der Waals surface area (Å²) < 4.78 is 0. The van der Waals surface area contributed by atoms with E-state index in [1.54, 1.807) is 19.1 Å². The number of benzene rings is 1. The maximum atomic E-state index is 13.0. The van der Waals surface area contributed by atoms with Gasteiger partial charge in [-0.1, -0.05) is 18.2 Å². The molecule has 9 heteroatoms. The average molecular weight is 390 g/mol. The number of phenolic OH excluding ortho intramolecular Hbond substituents is 1. The van der Waals surface area contributed by atoms with Crippen molar-refractivity contribution in [2.45, 2.75) is 19.4 Å². The molecular weight excluding hydrogens is 368 g/mol. The van der Waals surface area contributed by atoms with Gasteiger partial charge in [-0.25, -0.2) is 0 Å². The molecule has 0 fully saturated rings. The molecule has 0 radical (unpaired) electrons. The number of Topliss-reactive ketones (excluding diaryl/α,β-unsaturated/α-hetero) is 1. The Kier molecular flexibility index (Phi) is 6.55. The van der Waals surface area contributed by atoms with Crippen molar-refractivity contribution >= 4 is 17.7 Å². The number of ketones is 1. The van der Waals surface area contributed by atoms with Crippen LogP contribution in [0.15, 0.2) is 48.2 Å². The standard InChI is InChI=1S/C19H22N2O7/c1-2-28-21-12-7-8-19(18(26)27,14(10-12)17(24)25)16(23)15(20)9-11-3-5-13(22)6-4-11/h3-8,10,14-15,21-22H,2,9,20H2,1H3,(H,24,25)(H,26,27)/t14?,15-,19?/m0/s1. The number of nitrogens with two attached hydrogens (primary N) is 1. The van der Waals surface area contributed by atoms with Gasteiger partial charge in [-0.15, -0.1) is 0 Å². The molecule has 0 aromatic heterocycles. The van der Waals surface area contributed by atoms with Crippen LogP contribution in [0.1, 0.15) is 12.5 Å². The molecule has 0 saturated carbocycles. The Morgan fingerprint density at radius 2 is 1.89 bits per heavy atom. The van der Waals surface area contributed by atoms with E-state index in [-0.39, 0.29) is 17.9 Å². The van der Waals surface area contributed by atoms with Crippen LogP contribution in [0.4, 0.5) is 0 Å². The summed E-state index contributed by atoms with van der Waals surface area (Å²) in [5.74, 6) is -5.65. The van der Waals surface area contributed by atoms with Gasteiger partial charge in [-0.2, -0.15) is 0 Å². The van der Waals surface area contributed by atoms with E-state index in [2.05, 4.69) is 5.48 Å². The van der Waals surface area contributed by atoms with E-state index in [1.807, 2.05) is 0 Å². The minimum absolute atomic E-state index is 0.0118. The highest BCUT2D eigenvalue weighted by Crippen LogP contribution is 2.38. The Labute approximate surface area is 161 Å². The molecule has 1 aromatic carbocycles. The number of hydroxylamine groups is 1. The largest absolute Gasteiger partial charge is 0.508 e. The number of allylic oxidation sites excluding steroid dienone is 1. The number of nitrogens with one attached hydrogen (secondary N) is 1. The van der Waals surface area contributed by atoms with Crippen LogP contribution >= 0.6 is 0 Å². The first-order chi connectivity index (χ1) is 13.2. The Hall–Kier alpha value is -3.17. The van der Waals surface area contributed by atoms with Crippen molar-refractivity contribution in [3.8, 4) is 5.75 Å². The van der Waals surface area contributed by atoms with Crippen molar-refractivity contribution < 1.29 is 34.5 Å². The summed E-state index contributed by atoms with van der Waals surface area (Å²) in [5.41, 5.74) is 6.93. The van der Waals surface area contributed by atoms with Gasteiger partial charge in [0.15, 0.2) is 11.2 Å². The first-order valence-electron chi connectivity index (χ1n) is 8.55. The summed E-state index contributed by atoms with van der Waals surface area (Å²) in [6.45, 7) is 2.01. The van der Waals surface area contributed by atoms with Gasteiger partial charge < -0.3 is 21.1 Å². The molecule has 2 unspecified atom stereocenters. The molecule has 0 aliphatic heterocycles. The fourth-order valence-corrected chi connectivity index (χ4v) is 3.01. The summed E-state index contributed by atoms with van der Waals surface area (Å²) in [6, 6.07) is 4.65. The topological polar surface area (TPSA) is 159 Å². The number of rotatable bonds is 9. The number of carbonyl (C=O) groups excluding carboxylic acids is 1. The van der Waals surface area contributed by atoms with Gasteiger partial charge in [0.05, 0.1) is 18.3 Å². The van der Waals surface area contributed by atoms with Crippen LogP contribution in [0.5, 0.6) is 5.75 Å². The quantitative estimate of drug-likeness (QED) is 0.300. The Morgan fingerprint density at radius 3 is 2.43 bits per heavy atom. The number of carboxylic acids is 2. The van der Waals surface area contributed by atoms with Gasteiger partial charge >= 0.3 is 11.9 Å². The number of aliphatic carboxylic acids is 2. The predicted octanol–water partition coefficient (Wildman–Crippen LogP) is 0.598. The highest BCUT2D eigenvalue weighted by molar-refractivity contribution is 6.11. The van der Waals surface area contributed by atoms with Crippen LogP contribution in [0.25, 0.3) is 0 Å². The van der Waals surface area contributed by atoms with Crippen molar-refractivity contribution in [1.82, 2.24) is 5.48 Å². The zero-order valence-corrected chi connectivity index (χ0v) is 15.2. The summed E-state index contributed by atoms with van der Waals surface area (Å²) >= 11 is 0. The van der Waals surface area contributed by atoms with E-state index in [0.717, 1.165) is 12.2 Å². The van der Waals surface area contributed by atoms with E-state index in [0.29, 0.717) is 12.2 Å². The minimum atomic E-state index is -2.35. The number of phenols is 1. The fraction of sp³-hybridized carbons (Fsp3) is 0.316. The second kappa shape index (κ2) is 8.68. The zero-order valence-electron chi connectivity index (χ0n) is 15.2. The van der Waals surface area contributed by atoms with Crippen LogP contribution < -0.4 is 11.2 Å². The van der Waals surface area contributed by atoms with E-state index in [1.165, 1.54) is 18.2 Å². The van der Waals surface area contributed by atoms with Crippen molar-refractivity contribution in [2.75, 3.05) is 6.61 Å². The Balaban J connectivity index is 2.35. The lowest BCUT2D eigenvalue weighted by Crippen LogP contribution is -2.54. The molecule has 1 aliphatic carbocycles. The lowest BCUT2D eigenvalue weighted by Gasteiger charge is -2.34. The van der Waals surface area contributed by atoms with Gasteiger partial charge in [0.25, 0.3) is 0 Å². The molecule has 0 bridgehead atoms. The van der Waals surface area contributed by atoms with Crippen molar-refractivity contribution in [3.63, 3.8) is 0 Å². The molecule has 28 heavy (non-hydrogen) atoms. The summed E-state index contributed by atoms with van der Waals surface area (Å²) in [4.78, 5) is 41.8. The van der Waals surface area contributed by atoms with E-state index in [9.17, 15) is 29.7 Å². The number of aromatic hydroxyl groups is 1. The van der Waals surface area contributed by atoms with Crippen LogP contribution in [0, 0.1) is 11.3 Å². The second-order valence-electron chi connectivity index (χ2n) is 6.32. The molecule has 1 aromatic rings. The highest BCUT2D eigenvalue weighted by Gasteiger charge is 2.55. The smallest absolute Gasteiger partial charge is 0.322 e. The SMILES string of the molecule is CCONC1=CC(C(=O)O)C(C(=O)O)(C(=O)[C@@H](N)Cc2ccc(O)cc2)C=C1. The Bertz CT molecular complexity index is 816. The second-order valence-corrected chi connectivity index (χ2v) is 6.32. The van der Waals surface area contributed by atoms with Gasteiger partial charge in [-0.05, 0) is 43.2 Å². The molecule has 0 amide bonds.